The van der Waals surface area contributed by atoms with Crippen molar-refractivity contribution < 1.29 is 5.11 Å². The van der Waals surface area contributed by atoms with Gasteiger partial charge in [0.15, 0.2) is 5.75 Å². The van der Waals surface area contributed by atoms with Crippen LogP contribution in [-0.4, -0.2) is 0 Å². The normalized spacial score (nSPS) is 10.0. The number of hydrogen-bond donors (Lipinski definition) is 0. The van der Waals surface area contributed by atoms with E-state index in [1.165, 1.54) is 11.1 Å². The number of rotatable bonds is 2. The van der Waals surface area contributed by atoms with E-state index < -0.39 is 0 Å². The van der Waals surface area contributed by atoms with Gasteiger partial charge in [0.25, 0.3) is 0 Å². The van der Waals surface area contributed by atoms with Crippen molar-refractivity contribution in [3.05, 3.63) is 29.3 Å². The summed E-state index contributed by atoms with van der Waals surface area (Å²) in [5, 5.41) is 10.9. The molecule has 0 spiro atoms. The first-order valence-electron chi connectivity index (χ1n) is 4.06. The molecule has 1 aromatic rings. The van der Waals surface area contributed by atoms with Crippen LogP contribution in [0.5, 0.6) is 5.75 Å². The second-order valence-corrected chi connectivity index (χ2v) is 2.64. The van der Waals surface area contributed by atoms with Crippen LogP contribution in [0, 0.1) is 0 Å². The Morgan fingerprint density at radius 2 is 1.73 bits per heavy atom. The van der Waals surface area contributed by atoms with Gasteiger partial charge < -0.3 is 0 Å². The Kier molecular flexibility index (Phi) is 2.53. The highest BCUT2D eigenvalue weighted by Crippen LogP contribution is 2.17. The van der Waals surface area contributed by atoms with Gasteiger partial charge >= 0.3 is 0 Å². The first kappa shape index (κ1) is 8.12. The van der Waals surface area contributed by atoms with Crippen molar-refractivity contribution in [3.8, 4) is 5.75 Å². The fourth-order valence-corrected chi connectivity index (χ4v) is 1.28. The molecular weight excluding hydrogens is 136 g/mol. The molecule has 1 rings (SSSR count). The summed E-state index contributed by atoms with van der Waals surface area (Å²) in [7, 11) is 0. The molecule has 0 bridgehead atoms. The summed E-state index contributed by atoms with van der Waals surface area (Å²) in [6.45, 7) is 4.19. The van der Waals surface area contributed by atoms with Gasteiger partial charge in [0.2, 0.25) is 0 Å². The Bertz CT molecular complexity index is 241. The van der Waals surface area contributed by atoms with Gasteiger partial charge in [-0.1, -0.05) is 19.9 Å². The molecule has 1 aromatic carbocycles. The minimum atomic E-state index is 0.124. The first-order chi connectivity index (χ1) is 5.27. The highest BCUT2D eigenvalue weighted by atomic mass is 16.3. The zero-order chi connectivity index (χ0) is 8.27. The highest BCUT2D eigenvalue weighted by molar-refractivity contribution is 5.34. The second-order valence-electron chi connectivity index (χ2n) is 2.64. The molecule has 0 amide bonds. The summed E-state index contributed by atoms with van der Waals surface area (Å²) in [4.78, 5) is 0. The van der Waals surface area contributed by atoms with Crippen LogP contribution in [-0.2, 0) is 17.9 Å². The van der Waals surface area contributed by atoms with Crippen molar-refractivity contribution in [2.24, 2.45) is 0 Å². The van der Waals surface area contributed by atoms with E-state index in [2.05, 4.69) is 13.8 Å². The van der Waals surface area contributed by atoms with Gasteiger partial charge in [-0.25, -0.2) is 0 Å². The number of benzene rings is 1. The van der Waals surface area contributed by atoms with Crippen LogP contribution in [0.15, 0.2) is 18.2 Å². The molecule has 0 fully saturated rings. The molecule has 0 saturated carbocycles. The largest absolute Gasteiger partial charge is 0.290 e. The molecule has 0 aliphatic heterocycles. The van der Waals surface area contributed by atoms with Gasteiger partial charge in [-0.05, 0) is 36.1 Å². The Hall–Kier alpha value is -0.980. The first-order valence-corrected chi connectivity index (χ1v) is 4.06. The maximum Gasteiger partial charge on any atom is 0.178 e. The van der Waals surface area contributed by atoms with E-state index in [4.69, 9.17) is 0 Å². The number of hydrogen-bond acceptors (Lipinski definition) is 0. The van der Waals surface area contributed by atoms with Crippen molar-refractivity contribution in [2.45, 2.75) is 26.7 Å². The van der Waals surface area contributed by atoms with Gasteiger partial charge in [0.05, 0.1) is 0 Å². The van der Waals surface area contributed by atoms with Crippen LogP contribution in [0.2, 0.25) is 0 Å². The summed E-state index contributed by atoms with van der Waals surface area (Å²) in [5.74, 6) is 0.124. The molecule has 0 aliphatic carbocycles. The minimum Gasteiger partial charge on any atom is -0.290 e. The number of aryl methyl sites for hydroxylation is 2. The van der Waals surface area contributed by atoms with E-state index in [0.717, 1.165) is 12.8 Å². The molecule has 11 heavy (non-hydrogen) atoms. The van der Waals surface area contributed by atoms with Crippen LogP contribution in [0.3, 0.4) is 0 Å². The van der Waals surface area contributed by atoms with Gasteiger partial charge in [0.1, 0.15) is 0 Å². The third kappa shape index (κ3) is 1.73. The standard InChI is InChI=1S/C10H13O/c1-3-8-5-6-10(11)7-9(8)4-2/h5-7H,3-4H2,1-2H3. The summed E-state index contributed by atoms with van der Waals surface area (Å²) >= 11 is 0. The average Bonchev–Trinajstić information content (AvgIpc) is 2.04. The van der Waals surface area contributed by atoms with Crippen molar-refractivity contribution in [1.82, 2.24) is 0 Å². The zero-order valence-corrected chi connectivity index (χ0v) is 7.05. The molecule has 1 heteroatoms. The van der Waals surface area contributed by atoms with Gasteiger partial charge in [-0.2, -0.15) is 0 Å². The smallest absolute Gasteiger partial charge is 0.178 e. The van der Waals surface area contributed by atoms with Crippen molar-refractivity contribution in [3.63, 3.8) is 0 Å². The lowest BCUT2D eigenvalue weighted by atomic mass is 10.0. The van der Waals surface area contributed by atoms with E-state index >= 15 is 0 Å². The van der Waals surface area contributed by atoms with Crippen molar-refractivity contribution >= 4 is 0 Å². The Labute approximate surface area is 67.7 Å². The van der Waals surface area contributed by atoms with E-state index in [0.29, 0.717) is 0 Å². The molecule has 59 valence electrons. The Balaban J connectivity index is 3.06. The lowest BCUT2D eigenvalue weighted by Crippen LogP contribution is -1.88. The fourth-order valence-electron chi connectivity index (χ4n) is 1.28. The summed E-state index contributed by atoms with van der Waals surface area (Å²) in [6, 6.07) is 5.30. The molecule has 0 saturated heterocycles. The molecule has 1 nitrogen and oxygen atoms in total. The van der Waals surface area contributed by atoms with Crippen LogP contribution in [0.4, 0.5) is 0 Å². The minimum absolute atomic E-state index is 0.124. The Morgan fingerprint density at radius 3 is 2.27 bits per heavy atom. The van der Waals surface area contributed by atoms with Crippen LogP contribution in [0.1, 0.15) is 25.0 Å². The Morgan fingerprint density at radius 1 is 1.09 bits per heavy atom. The molecule has 0 heterocycles. The lowest BCUT2D eigenvalue weighted by molar-refractivity contribution is 0.354. The van der Waals surface area contributed by atoms with Crippen LogP contribution in [0.25, 0.3) is 0 Å². The monoisotopic (exact) mass is 149 g/mol. The third-order valence-electron chi connectivity index (χ3n) is 1.94. The van der Waals surface area contributed by atoms with E-state index in [9.17, 15) is 5.11 Å². The topological polar surface area (TPSA) is 19.9 Å². The molecule has 1 radical (unpaired) electrons. The molecule has 0 aromatic heterocycles. The summed E-state index contributed by atoms with van der Waals surface area (Å²) in [6.07, 6.45) is 1.97. The zero-order valence-electron chi connectivity index (χ0n) is 7.05. The highest BCUT2D eigenvalue weighted by Gasteiger charge is 1.99. The third-order valence-corrected chi connectivity index (χ3v) is 1.94. The maximum absolute atomic E-state index is 10.9. The van der Waals surface area contributed by atoms with E-state index in [1.54, 1.807) is 12.1 Å². The summed E-state index contributed by atoms with van der Waals surface area (Å²) < 4.78 is 0. The van der Waals surface area contributed by atoms with E-state index in [-0.39, 0.29) is 5.75 Å². The lowest BCUT2D eigenvalue weighted by Gasteiger charge is -2.03. The fraction of sp³-hybridized carbons (Fsp3) is 0.400. The van der Waals surface area contributed by atoms with Gasteiger partial charge in [-0.3, -0.25) is 5.11 Å². The summed E-state index contributed by atoms with van der Waals surface area (Å²) in [5.41, 5.74) is 2.49. The van der Waals surface area contributed by atoms with Crippen LogP contribution < -0.4 is 0 Å². The molecule has 0 atom stereocenters. The predicted molar refractivity (Wildman–Crippen MR) is 45.3 cm³/mol. The SMILES string of the molecule is CCc1ccc([O])cc1CC. The average molecular weight is 149 g/mol. The van der Waals surface area contributed by atoms with Gasteiger partial charge in [-0.15, -0.1) is 0 Å². The molecule has 0 aliphatic rings. The van der Waals surface area contributed by atoms with Crippen LogP contribution >= 0.6 is 0 Å². The van der Waals surface area contributed by atoms with E-state index in [1.807, 2.05) is 6.07 Å². The maximum atomic E-state index is 10.9. The molecule has 0 unspecified atom stereocenters. The molecular formula is C10H13O. The van der Waals surface area contributed by atoms with Crippen molar-refractivity contribution in [2.75, 3.05) is 0 Å². The molecule has 0 N–H and O–H groups in total. The predicted octanol–water partition coefficient (Wildman–Crippen LogP) is 2.96. The quantitative estimate of drug-likeness (QED) is 0.616. The van der Waals surface area contributed by atoms with Crippen molar-refractivity contribution in [1.29, 1.82) is 0 Å². The second kappa shape index (κ2) is 3.42. The van der Waals surface area contributed by atoms with Gasteiger partial charge in [0, 0.05) is 0 Å².